The number of ether oxygens (including phenoxy) is 1. The lowest BCUT2D eigenvalue weighted by Gasteiger charge is -2.23. The number of allylic oxidation sites excluding steroid dienone is 4. The summed E-state index contributed by atoms with van der Waals surface area (Å²) in [7, 11) is 1.69. The monoisotopic (exact) mass is 543 g/mol. The second-order valence-electron chi connectivity index (χ2n) is 10.3. The summed E-state index contributed by atoms with van der Waals surface area (Å²) in [6.07, 6.45) is 3.94. The van der Waals surface area contributed by atoms with Gasteiger partial charge in [-0.15, -0.1) is 0 Å². The van der Waals surface area contributed by atoms with Crippen LogP contribution in [0.15, 0.2) is 82.9 Å². The van der Waals surface area contributed by atoms with Crippen LogP contribution in [0, 0.1) is 0 Å². The van der Waals surface area contributed by atoms with Gasteiger partial charge < -0.3 is 15.0 Å². The molecule has 0 bridgehead atoms. The number of carbonyl (C=O) groups is 1. The van der Waals surface area contributed by atoms with Crippen LogP contribution in [-0.4, -0.2) is 46.6 Å². The van der Waals surface area contributed by atoms with E-state index in [-0.39, 0.29) is 29.8 Å². The van der Waals surface area contributed by atoms with Crippen molar-refractivity contribution in [2.24, 2.45) is 4.99 Å². The quantitative estimate of drug-likeness (QED) is 0.420. The fourth-order valence-corrected chi connectivity index (χ4v) is 4.76. The minimum Gasteiger partial charge on any atom is -0.376 e. The van der Waals surface area contributed by atoms with E-state index in [1.165, 1.54) is 6.08 Å². The molecule has 3 aromatic rings. The number of alkyl halides is 2. The molecule has 0 fully saturated rings. The van der Waals surface area contributed by atoms with Crippen LogP contribution in [0.4, 0.5) is 8.78 Å². The van der Waals surface area contributed by atoms with Crippen LogP contribution in [0.25, 0.3) is 10.9 Å². The van der Waals surface area contributed by atoms with Gasteiger partial charge in [0, 0.05) is 36.3 Å². The Kier molecular flexibility index (Phi) is 7.84. The Morgan fingerprint density at radius 2 is 2.05 bits per heavy atom. The highest BCUT2D eigenvalue weighted by Crippen LogP contribution is 2.27. The molecular formula is C31H31F2N5O2. The lowest BCUT2D eigenvalue weighted by atomic mass is 9.92. The van der Waals surface area contributed by atoms with Gasteiger partial charge >= 0.3 is 0 Å². The van der Waals surface area contributed by atoms with Crippen LogP contribution in [0.2, 0.25) is 0 Å². The van der Waals surface area contributed by atoms with Crippen LogP contribution in [0.3, 0.4) is 0 Å². The minimum absolute atomic E-state index is 0.144. The molecule has 1 aromatic carbocycles. The number of hydrogen-bond donors (Lipinski definition) is 1. The Hall–Kier alpha value is -4.24. The van der Waals surface area contributed by atoms with E-state index in [4.69, 9.17) is 9.72 Å². The van der Waals surface area contributed by atoms with Crippen LogP contribution >= 0.6 is 0 Å². The maximum absolute atomic E-state index is 13.8. The first-order valence-corrected chi connectivity index (χ1v) is 13.1. The van der Waals surface area contributed by atoms with Gasteiger partial charge in [-0.1, -0.05) is 24.6 Å². The average molecular weight is 544 g/mol. The van der Waals surface area contributed by atoms with Crippen molar-refractivity contribution in [3.8, 4) is 0 Å². The predicted molar refractivity (Wildman–Crippen MR) is 151 cm³/mol. The zero-order valence-electron chi connectivity index (χ0n) is 22.9. The van der Waals surface area contributed by atoms with Crippen molar-refractivity contribution >= 4 is 22.5 Å². The lowest BCUT2D eigenvalue weighted by Crippen LogP contribution is -2.24. The molecule has 206 valence electrons. The molecule has 4 heterocycles. The third-order valence-electron chi connectivity index (χ3n) is 6.84. The molecule has 1 N–H and O–H groups in total. The average Bonchev–Trinajstić information content (AvgIpc) is 2.94. The molecule has 2 aromatic heterocycles. The third-order valence-corrected chi connectivity index (χ3v) is 6.84. The van der Waals surface area contributed by atoms with Crippen LogP contribution in [0.1, 0.15) is 59.6 Å². The van der Waals surface area contributed by atoms with Crippen LogP contribution in [-0.2, 0) is 17.9 Å². The molecule has 0 radical (unpaired) electrons. The van der Waals surface area contributed by atoms with Gasteiger partial charge in [0.05, 0.1) is 47.9 Å². The number of pyridine rings is 2. The molecule has 1 amide bonds. The first kappa shape index (κ1) is 27.3. The summed E-state index contributed by atoms with van der Waals surface area (Å²) < 4.78 is 33.3. The van der Waals surface area contributed by atoms with Gasteiger partial charge in [-0.25, -0.2) is 18.8 Å². The van der Waals surface area contributed by atoms with E-state index in [1.807, 2.05) is 30.3 Å². The molecule has 9 heteroatoms. The second-order valence-corrected chi connectivity index (χ2v) is 10.3. The molecule has 5 rings (SSSR count). The second kappa shape index (κ2) is 11.5. The maximum atomic E-state index is 13.8. The number of amides is 1. The van der Waals surface area contributed by atoms with Gasteiger partial charge in [-0.2, -0.15) is 0 Å². The zero-order chi connectivity index (χ0) is 28.4. The topological polar surface area (TPSA) is 79.7 Å². The molecule has 0 saturated heterocycles. The summed E-state index contributed by atoms with van der Waals surface area (Å²) in [6, 6.07) is 11.2. The highest BCUT2D eigenvalue weighted by molar-refractivity contribution is 6.09. The summed E-state index contributed by atoms with van der Waals surface area (Å²) in [6.45, 7) is 7.08. The van der Waals surface area contributed by atoms with Gasteiger partial charge in [0.1, 0.15) is 5.82 Å². The number of hydrogen-bond acceptors (Lipinski definition) is 6. The predicted octanol–water partition coefficient (Wildman–Crippen LogP) is 5.88. The van der Waals surface area contributed by atoms with E-state index in [9.17, 15) is 13.6 Å². The number of aliphatic imine (C=N–C) groups is 1. The molecule has 1 atom stereocenters. The SMILES string of the molecule is CC(C)=C/C(=C1/N=C(c2ccc3cnc(CNC(=O)c4ccc5c(c4)C(C)COC5)cc3n2)C=CN1C)C(F)F. The largest absolute Gasteiger partial charge is 0.376 e. The van der Waals surface area contributed by atoms with Crippen molar-refractivity contribution in [3.05, 3.63) is 106 Å². The number of benzene rings is 1. The number of fused-ring (bicyclic) bond motifs is 2. The molecule has 2 aliphatic rings. The summed E-state index contributed by atoms with van der Waals surface area (Å²) in [5, 5.41) is 3.76. The van der Waals surface area contributed by atoms with Crippen molar-refractivity contribution in [2.45, 2.75) is 46.3 Å². The Balaban J connectivity index is 1.37. The van der Waals surface area contributed by atoms with E-state index in [2.05, 4.69) is 22.2 Å². The molecule has 0 saturated carbocycles. The van der Waals surface area contributed by atoms with Crippen molar-refractivity contribution in [3.63, 3.8) is 0 Å². The first-order valence-electron chi connectivity index (χ1n) is 13.1. The zero-order valence-corrected chi connectivity index (χ0v) is 22.9. The van der Waals surface area contributed by atoms with Crippen molar-refractivity contribution in [2.75, 3.05) is 13.7 Å². The lowest BCUT2D eigenvalue weighted by molar-refractivity contribution is 0.0931. The highest BCUT2D eigenvalue weighted by Gasteiger charge is 2.21. The van der Waals surface area contributed by atoms with Gasteiger partial charge in [-0.3, -0.25) is 9.78 Å². The highest BCUT2D eigenvalue weighted by atomic mass is 19.3. The Morgan fingerprint density at radius 1 is 1.23 bits per heavy atom. The van der Waals surface area contributed by atoms with Crippen molar-refractivity contribution < 1.29 is 18.3 Å². The van der Waals surface area contributed by atoms with Gasteiger partial charge in [0.25, 0.3) is 12.3 Å². The summed E-state index contributed by atoms with van der Waals surface area (Å²) in [4.78, 5) is 28.2. The number of aromatic nitrogens is 2. The summed E-state index contributed by atoms with van der Waals surface area (Å²) in [5.74, 6) is 0.239. The molecular weight excluding hydrogens is 512 g/mol. The van der Waals surface area contributed by atoms with Crippen LogP contribution in [0.5, 0.6) is 0 Å². The minimum atomic E-state index is -2.67. The molecule has 1 unspecified atom stereocenters. The Morgan fingerprint density at radius 3 is 2.83 bits per heavy atom. The number of nitrogens with one attached hydrogen (secondary N) is 1. The van der Waals surface area contributed by atoms with Crippen LogP contribution < -0.4 is 5.32 Å². The standard InChI is InChI=1S/C31H31F2N5O2/c1-18(2)11-25(29(32)33)30-37-27(9-10-38(30)4)26-8-7-21-14-34-23(13-28(21)36-26)15-35-31(39)20-5-6-22-17-40-16-19(3)24(22)12-20/h5-14,19,29H,15-17H2,1-4H3,(H,35,39)/b30-25+. The fourth-order valence-electron chi connectivity index (χ4n) is 4.76. The normalized spacial score (nSPS) is 17.9. The fraction of sp³-hybridized carbons (Fsp3) is 0.290. The van der Waals surface area contributed by atoms with E-state index in [0.717, 1.165) is 22.1 Å². The molecule has 0 aliphatic carbocycles. The smallest absolute Gasteiger partial charge is 0.267 e. The van der Waals surface area contributed by atoms with Gasteiger partial charge in [0.2, 0.25) is 0 Å². The Labute approximate surface area is 232 Å². The maximum Gasteiger partial charge on any atom is 0.267 e. The number of nitrogens with zero attached hydrogens (tertiary/aromatic N) is 4. The van der Waals surface area contributed by atoms with Crippen molar-refractivity contribution in [1.29, 1.82) is 0 Å². The molecule has 7 nitrogen and oxygen atoms in total. The summed E-state index contributed by atoms with van der Waals surface area (Å²) in [5.41, 5.74) is 5.81. The third kappa shape index (κ3) is 5.84. The Bertz CT molecular complexity index is 1590. The number of carbonyl (C=O) groups excluding carboxylic acids is 1. The van der Waals surface area contributed by atoms with Crippen molar-refractivity contribution in [1.82, 2.24) is 20.2 Å². The van der Waals surface area contributed by atoms with Gasteiger partial charge in [0.15, 0.2) is 0 Å². The number of halogens is 2. The van der Waals surface area contributed by atoms with E-state index in [1.54, 1.807) is 50.3 Å². The molecule has 40 heavy (non-hydrogen) atoms. The molecule has 0 spiro atoms. The van der Waals surface area contributed by atoms with E-state index < -0.39 is 6.43 Å². The number of rotatable bonds is 6. The first-order chi connectivity index (χ1) is 19.2. The van der Waals surface area contributed by atoms with E-state index in [0.29, 0.717) is 41.4 Å². The molecule has 2 aliphatic heterocycles. The summed E-state index contributed by atoms with van der Waals surface area (Å²) >= 11 is 0. The van der Waals surface area contributed by atoms with Gasteiger partial charge in [-0.05, 0) is 61.4 Å². The van der Waals surface area contributed by atoms with E-state index >= 15 is 0 Å².